The van der Waals surface area contributed by atoms with Crippen LogP contribution in [-0.2, 0) is 4.74 Å². The molecule has 0 amide bonds. The fourth-order valence-corrected chi connectivity index (χ4v) is 3.79. The van der Waals surface area contributed by atoms with Gasteiger partial charge in [-0.3, -0.25) is 0 Å². The number of aliphatic hydroxyl groups excluding tert-OH is 2. The second kappa shape index (κ2) is 6.58. The fraction of sp³-hybridized carbons (Fsp3) is 0.273. The number of benzene rings is 2. The first-order chi connectivity index (χ1) is 13.3. The van der Waals surface area contributed by atoms with Crippen LogP contribution >= 0.6 is 0 Å². The fourth-order valence-electron chi connectivity index (χ4n) is 3.79. The van der Waals surface area contributed by atoms with Crippen molar-refractivity contribution in [3.05, 3.63) is 69.9 Å². The van der Waals surface area contributed by atoms with Crippen molar-refractivity contribution < 1.29 is 19.7 Å². The van der Waals surface area contributed by atoms with E-state index in [0.29, 0.717) is 22.2 Å². The summed E-state index contributed by atoms with van der Waals surface area (Å²) in [4.78, 5) is 18.3. The summed E-state index contributed by atoms with van der Waals surface area (Å²) >= 11 is 0. The largest absolute Gasteiger partial charge is 0.464 e. The summed E-state index contributed by atoms with van der Waals surface area (Å²) in [6, 6.07) is 11.3. The van der Waals surface area contributed by atoms with Gasteiger partial charge in [0.15, 0.2) is 18.1 Å². The van der Waals surface area contributed by atoms with E-state index in [0.717, 1.165) is 16.7 Å². The third-order valence-electron chi connectivity index (χ3n) is 5.43. The van der Waals surface area contributed by atoms with E-state index in [-0.39, 0.29) is 11.3 Å². The van der Waals surface area contributed by atoms with Gasteiger partial charge in [0.05, 0.1) is 12.6 Å². The van der Waals surface area contributed by atoms with Gasteiger partial charge in [-0.15, -0.1) is 0 Å². The Kier molecular flexibility index (Phi) is 4.33. The Balaban J connectivity index is 1.99. The van der Waals surface area contributed by atoms with Crippen molar-refractivity contribution in [1.29, 1.82) is 0 Å². The van der Waals surface area contributed by atoms with Crippen LogP contribution in [0.25, 0.3) is 10.9 Å². The Hall–Kier alpha value is -2.96. The highest BCUT2D eigenvalue weighted by Gasteiger charge is 2.42. The van der Waals surface area contributed by atoms with Gasteiger partial charge in [-0.05, 0) is 56.2 Å². The Morgan fingerprint density at radius 2 is 1.71 bits per heavy atom. The molecule has 2 unspecified atom stereocenters. The van der Waals surface area contributed by atoms with Crippen LogP contribution in [0, 0.1) is 20.8 Å². The quantitative estimate of drug-likeness (QED) is 0.665. The average molecular weight is 378 g/mol. The van der Waals surface area contributed by atoms with Crippen molar-refractivity contribution in [3.8, 4) is 0 Å². The molecule has 0 spiro atoms. The van der Waals surface area contributed by atoms with E-state index in [1.54, 1.807) is 6.07 Å². The molecule has 0 fully saturated rings. The van der Waals surface area contributed by atoms with Gasteiger partial charge in [-0.1, -0.05) is 17.7 Å². The zero-order chi connectivity index (χ0) is 20.2. The van der Waals surface area contributed by atoms with Crippen molar-refractivity contribution in [3.63, 3.8) is 0 Å². The molecular formula is C22H22N2O4. The van der Waals surface area contributed by atoms with E-state index >= 15 is 0 Å². The maximum absolute atomic E-state index is 12.4. The zero-order valence-corrected chi connectivity index (χ0v) is 16.2. The molecule has 6 nitrogen and oxygen atoms in total. The van der Waals surface area contributed by atoms with Crippen LogP contribution in [0.15, 0.2) is 36.4 Å². The van der Waals surface area contributed by atoms with Gasteiger partial charge in [0, 0.05) is 22.2 Å². The summed E-state index contributed by atoms with van der Waals surface area (Å²) in [6.07, 6.45) is -2.35. The van der Waals surface area contributed by atoms with Crippen molar-refractivity contribution in [2.75, 3.05) is 12.0 Å². The average Bonchev–Trinajstić information content (AvgIpc) is 2.94. The monoisotopic (exact) mass is 378 g/mol. The normalized spacial score (nSPS) is 18.4. The molecule has 1 aromatic heterocycles. The van der Waals surface area contributed by atoms with Gasteiger partial charge in [0.25, 0.3) is 0 Å². The standard InChI is InChI=1S/C22H22N2O4/c1-11-5-8-16-15(9-11)17-18(19(23-16)22(27)28-4)21(26)24(20(17)25)14-7-6-12(2)13(3)10-14/h5-10,20-21,25-26H,1-4H3. The number of rotatable bonds is 2. The predicted octanol–water partition coefficient (Wildman–Crippen LogP) is 3.45. The van der Waals surface area contributed by atoms with E-state index in [9.17, 15) is 15.0 Å². The van der Waals surface area contributed by atoms with E-state index in [1.165, 1.54) is 12.0 Å². The number of carbonyl (C=O) groups excluding carboxylic acids is 1. The van der Waals surface area contributed by atoms with Gasteiger partial charge in [-0.2, -0.15) is 0 Å². The minimum Gasteiger partial charge on any atom is -0.464 e. The van der Waals surface area contributed by atoms with Crippen LogP contribution in [0.1, 0.15) is 50.8 Å². The lowest BCUT2D eigenvalue weighted by molar-refractivity contribution is 0.0585. The van der Waals surface area contributed by atoms with Crippen LogP contribution in [0.4, 0.5) is 5.69 Å². The second-order valence-electron chi connectivity index (χ2n) is 7.22. The van der Waals surface area contributed by atoms with Crippen molar-refractivity contribution in [2.45, 2.75) is 33.2 Å². The lowest BCUT2D eigenvalue weighted by Crippen LogP contribution is -2.26. The van der Waals surface area contributed by atoms with Crippen molar-refractivity contribution in [1.82, 2.24) is 4.98 Å². The van der Waals surface area contributed by atoms with E-state index < -0.39 is 18.4 Å². The lowest BCUT2D eigenvalue weighted by Gasteiger charge is -2.27. The molecular weight excluding hydrogens is 356 g/mol. The molecule has 2 heterocycles. The minimum absolute atomic E-state index is 0.0201. The number of ether oxygens (including phenoxy) is 1. The number of aliphatic hydroxyl groups is 2. The molecule has 1 aliphatic heterocycles. The number of hydrogen-bond acceptors (Lipinski definition) is 6. The number of pyridine rings is 1. The summed E-state index contributed by atoms with van der Waals surface area (Å²) in [5, 5.41) is 23.0. The molecule has 0 radical (unpaired) electrons. The third-order valence-corrected chi connectivity index (χ3v) is 5.43. The third kappa shape index (κ3) is 2.65. The summed E-state index contributed by atoms with van der Waals surface area (Å²) in [5.74, 6) is -0.646. The molecule has 0 saturated heterocycles. The Morgan fingerprint density at radius 3 is 2.39 bits per heavy atom. The summed E-state index contributed by atoms with van der Waals surface area (Å²) in [6.45, 7) is 5.92. The first-order valence-corrected chi connectivity index (χ1v) is 9.07. The molecule has 2 N–H and O–H groups in total. The molecule has 28 heavy (non-hydrogen) atoms. The number of methoxy groups -OCH3 is 1. The van der Waals surface area contributed by atoms with Crippen LogP contribution in [0.2, 0.25) is 0 Å². The smallest absolute Gasteiger partial charge is 0.357 e. The first kappa shape index (κ1) is 18.4. The van der Waals surface area contributed by atoms with Crippen LogP contribution in [-0.4, -0.2) is 28.3 Å². The number of hydrogen-bond donors (Lipinski definition) is 2. The highest BCUT2D eigenvalue weighted by molar-refractivity contribution is 5.96. The van der Waals surface area contributed by atoms with Gasteiger partial charge < -0.3 is 19.8 Å². The Labute approximate surface area is 163 Å². The molecule has 144 valence electrons. The van der Waals surface area contributed by atoms with Crippen LogP contribution < -0.4 is 4.90 Å². The molecule has 3 aromatic rings. The Bertz CT molecular complexity index is 1110. The molecule has 0 bridgehead atoms. The van der Waals surface area contributed by atoms with Crippen LogP contribution in [0.5, 0.6) is 0 Å². The SMILES string of the molecule is COC(=O)c1nc2ccc(C)cc2c2c1C(O)N(c1ccc(C)c(C)c1)C2O. The summed E-state index contributed by atoms with van der Waals surface area (Å²) in [5.41, 5.74) is 5.17. The van der Waals surface area contributed by atoms with Gasteiger partial charge in [0.1, 0.15) is 0 Å². The molecule has 2 atom stereocenters. The van der Waals surface area contributed by atoms with Crippen molar-refractivity contribution in [2.24, 2.45) is 0 Å². The Morgan fingerprint density at radius 1 is 1.00 bits per heavy atom. The van der Waals surface area contributed by atoms with Gasteiger partial charge in [0.2, 0.25) is 0 Å². The highest BCUT2D eigenvalue weighted by atomic mass is 16.5. The van der Waals surface area contributed by atoms with E-state index in [2.05, 4.69) is 4.98 Å². The number of esters is 1. The maximum Gasteiger partial charge on any atom is 0.357 e. The molecule has 1 aliphatic rings. The number of nitrogens with zero attached hydrogens (tertiary/aromatic N) is 2. The maximum atomic E-state index is 12.4. The zero-order valence-electron chi connectivity index (χ0n) is 16.2. The first-order valence-electron chi connectivity index (χ1n) is 9.07. The minimum atomic E-state index is -1.22. The van der Waals surface area contributed by atoms with Crippen molar-refractivity contribution >= 4 is 22.6 Å². The van der Waals surface area contributed by atoms with E-state index in [1.807, 2.05) is 51.1 Å². The molecule has 0 saturated carbocycles. The summed E-state index contributed by atoms with van der Waals surface area (Å²) < 4.78 is 4.88. The topological polar surface area (TPSA) is 82.9 Å². The predicted molar refractivity (Wildman–Crippen MR) is 106 cm³/mol. The number of aromatic nitrogens is 1. The second-order valence-corrected chi connectivity index (χ2v) is 7.22. The molecule has 4 rings (SSSR count). The lowest BCUT2D eigenvalue weighted by atomic mass is 10.00. The molecule has 2 aromatic carbocycles. The number of carbonyl (C=O) groups is 1. The number of aryl methyl sites for hydroxylation is 3. The molecule has 0 aliphatic carbocycles. The van der Waals surface area contributed by atoms with Crippen LogP contribution in [0.3, 0.4) is 0 Å². The van der Waals surface area contributed by atoms with E-state index in [4.69, 9.17) is 4.74 Å². The van der Waals surface area contributed by atoms with Gasteiger partial charge in [-0.25, -0.2) is 9.78 Å². The van der Waals surface area contributed by atoms with Gasteiger partial charge >= 0.3 is 5.97 Å². The highest BCUT2D eigenvalue weighted by Crippen LogP contribution is 2.46. The summed E-state index contributed by atoms with van der Waals surface area (Å²) in [7, 11) is 1.27. The number of fused-ring (bicyclic) bond motifs is 3. The number of anilines is 1. The molecule has 6 heteroatoms.